The first kappa shape index (κ1) is 24.6. The van der Waals surface area contributed by atoms with Gasteiger partial charge in [0, 0.05) is 5.56 Å². The second kappa shape index (κ2) is 11.7. The summed E-state index contributed by atoms with van der Waals surface area (Å²) in [4.78, 5) is 25.2. The Morgan fingerprint density at radius 1 is 0.935 bits per heavy atom. The number of hydrogen-bond donors (Lipinski definition) is 0. The number of rotatable bonds is 10. The normalized spacial score (nSPS) is 11.1. The predicted molar refractivity (Wildman–Crippen MR) is 125 cm³/mol. The third kappa shape index (κ3) is 6.95. The molecule has 0 aromatic heterocycles. The van der Waals surface area contributed by atoms with E-state index in [2.05, 4.69) is 40.7 Å². The van der Waals surface area contributed by atoms with Gasteiger partial charge in [-0.2, -0.15) is 0 Å². The van der Waals surface area contributed by atoms with E-state index in [0.717, 1.165) is 30.4 Å². The van der Waals surface area contributed by atoms with Gasteiger partial charge in [-0.15, -0.1) is 0 Å². The molecule has 0 atom stereocenters. The first-order chi connectivity index (χ1) is 14.8. The Balaban J connectivity index is 2.39. The second-order valence-corrected chi connectivity index (χ2v) is 8.58. The number of carbonyl (C=O) groups excluding carboxylic acids is 2. The second-order valence-electron chi connectivity index (χ2n) is 8.58. The number of hydrogen-bond acceptors (Lipinski definition) is 4. The molecule has 0 aliphatic rings. The lowest BCUT2D eigenvalue weighted by atomic mass is 9.91. The lowest BCUT2D eigenvalue weighted by Crippen LogP contribution is -2.15. The Morgan fingerprint density at radius 3 is 2.16 bits per heavy atom. The van der Waals surface area contributed by atoms with Gasteiger partial charge in [0.1, 0.15) is 5.75 Å². The van der Waals surface area contributed by atoms with E-state index < -0.39 is 5.97 Å². The lowest BCUT2D eigenvalue weighted by Gasteiger charge is -2.20. The summed E-state index contributed by atoms with van der Waals surface area (Å²) < 4.78 is 11.1. The smallest absolute Gasteiger partial charge is 0.343 e. The first-order valence-corrected chi connectivity index (χ1v) is 11.4. The van der Waals surface area contributed by atoms with Crippen LogP contribution in [0.15, 0.2) is 36.4 Å². The van der Waals surface area contributed by atoms with Crippen molar-refractivity contribution in [2.24, 2.45) is 0 Å². The van der Waals surface area contributed by atoms with Gasteiger partial charge in [0.15, 0.2) is 0 Å². The van der Waals surface area contributed by atoms with Gasteiger partial charge in [0.2, 0.25) is 0 Å². The van der Waals surface area contributed by atoms with Crippen molar-refractivity contribution in [3.8, 4) is 5.75 Å². The minimum absolute atomic E-state index is 0.0761. The molecule has 2 rings (SSSR count). The highest BCUT2D eigenvalue weighted by Crippen LogP contribution is 2.35. The van der Waals surface area contributed by atoms with Crippen LogP contribution in [0.5, 0.6) is 5.75 Å². The molecule has 0 unspecified atom stereocenters. The fourth-order valence-corrected chi connectivity index (χ4v) is 3.46. The topological polar surface area (TPSA) is 52.6 Å². The van der Waals surface area contributed by atoms with Gasteiger partial charge < -0.3 is 9.47 Å². The zero-order chi connectivity index (χ0) is 23.0. The van der Waals surface area contributed by atoms with Crippen molar-refractivity contribution in [3.63, 3.8) is 0 Å². The molecule has 2 aromatic rings. The van der Waals surface area contributed by atoms with Crippen molar-refractivity contribution >= 4 is 11.9 Å². The molecule has 0 fully saturated rings. The molecule has 0 aliphatic heterocycles. The van der Waals surface area contributed by atoms with Crippen molar-refractivity contribution in [1.82, 2.24) is 0 Å². The van der Waals surface area contributed by atoms with Gasteiger partial charge in [-0.25, -0.2) is 4.79 Å². The number of aryl methyl sites for hydroxylation is 1. The van der Waals surface area contributed by atoms with Crippen LogP contribution in [0.3, 0.4) is 0 Å². The van der Waals surface area contributed by atoms with E-state index in [1.165, 1.54) is 5.56 Å². The Morgan fingerprint density at radius 2 is 1.61 bits per heavy atom. The van der Waals surface area contributed by atoms with Crippen LogP contribution in [0, 0.1) is 0 Å². The monoisotopic (exact) mass is 424 g/mol. The minimum Gasteiger partial charge on any atom is -0.466 e. The standard InChI is InChI=1S/C27H36O4/c1-7-9-10-20-11-13-21(14-12-20)27(29)31-26-23(17-25(28)30-8-2)15-22(18(3)4)16-24(26)19(5)6/h11-16,18-19H,7-10,17H2,1-6H3. The number of carbonyl (C=O) groups is 2. The van der Waals surface area contributed by atoms with Crippen molar-refractivity contribution in [3.05, 3.63) is 64.2 Å². The summed E-state index contributed by atoms with van der Waals surface area (Å²) in [5, 5.41) is 0. The average molecular weight is 425 g/mol. The molecule has 0 amide bonds. The van der Waals surface area contributed by atoms with Crippen LogP contribution in [0.1, 0.15) is 98.8 Å². The molecule has 0 N–H and O–H groups in total. The highest BCUT2D eigenvalue weighted by molar-refractivity contribution is 5.91. The Bertz CT molecular complexity index is 879. The van der Waals surface area contributed by atoms with Crippen molar-refractivity contribution in [2.45, 2.75) is 79.1 Å². The quantitative estimate of drug-likeness (QED) is 0.318. The van der Waals surface area contributed by atoms with E-state index in [1.54, 1.807) is 6.92 Å². The highest BCUT2D eigenvalue weighted by atomic mass is 16.5. The van der Waals surface area contributed by atoms with Gasteiger partial charge in [0.05, 0.1) is 18.6 Å². The highest BCUT2D eigenvalue weighted by Gasteiger charge is 2.22. The van der Waals surface area contributed by atoms with E-state index in [0.29, 0.717) is 29.4 Å². The van der Waals surface area contributed by atoms with E-state index in [9.17, 15) is 9.59 Å². The Labute approximate surface area is 187 Å². The summed E-state index contributed by atoms with van der Waals surface area (Å²) in [6.07, 6.45) is 3.34. The summed E-state index contributed by atoms with van der Waals surface area (Å²) >= 11 is 0. The van der Waals surface area contributed by atoms with Crippen LogP contribution in [-0.2, 0) is 22.4 Å². The molecule has 31 heavy (non-hydrogen) atoms. The molecular formula is C27H36O4. The molecular weight excluding hydrogens is 388 g/mol. The fourth-order valence-electron chi connectivity index (χ4n) is 3.46. The number of esters is 2. The summed E-state index contributed by atoms with van der Waals surface area (Å²) in [5.74, 6) is 0.173. The number of unbranched alkanes of at least 4 members (excludes halogenated alkanes) is 1. The van der Waals surface area contributed by atoms with Crippen molar-refractivity contribution < 1.29 is 19.1 Å². The van der Waals surface area contributed by atoms with E-state index >= 15 is 0 Å². The molecule has 0 saturated carbocycles. The molecule has 0 bridgehead atoms. The Kier molecular flexibility index (Phi) is 9.29. The largest absolute Gasteiger partial charge is 0.466 e. The maximum Gasteiger partial charge on any atom is 0.343 e. The van der Waals surface area contributed by atoms with Crippen LogP contribution in [0.4, 0.5) is 0 Å². The summed E-state index contributed by atoms with van der Waals surface area (Å²) in [6, 6.07) is 11.6. The molecule has 4 nitrogen and oxygen atoms in total. The molecule has 168 valence electrons. The fraction of sp³-hybridized carbons (Fsp3) is 0.481. The van der Waals surface area contributed by atoms with Gasteiger partial charge >= 0.3 is 11.9 Å². The summed E-state index contributed by atoms with van der Waals surface area (Å²) in [6.45, 7) is 12.6. The SMILES string of the molecule is CCCCc1ccc(C(=O)Oc2c(CC(=O)OCC)cc(C(C)C)cc2C(C)C)cc1. The van der Waals surface area contributed by atoms with Gasteiger partial charge in [-0.05, 0) is 60.4 Å². The molecule has 4 heteroatoms. The third-order valence-corrected chi connectivity index (χ3v) is 5.35. The third-order valence-electron chi connectivity index (χ3n) is 5.35. The van der Waals surface area contributed by atoms with Gasteiger partial charge in [0.25, 0.3) is 0 Å². The van der Waals surface area contributed by atoms with Crippen molar-refractivity contribution in [1.29, 1.82) is 0 Å². The molecule has 2 aromatic carbocycles. The van der Waals surface area contributed by atoms with E-state index in [4.69, 9.17) is 9.47 Å². The molecule has 0 radical (unpaired) electrons. The predicted octanol–water partition coefficient (Wildman–Crippen LogP) is 6.60. The van der Waals surface area contributed by atoms with Gasteiger partial charge in [-0.1, -0.05) is 65.3 Å². The molecule has 0 saturated heterocycles. The van der Waals surface area contributed by atoms with Crippen LogP contribution in [0.2, 0.25) is 0 Å². The number of benzene rings is 2. The van der Waals surface area contributed by atoms with E-state index in [1.807, 2.05) is 30.3 Å². The van der Waals surface area contributed by atoms with Crippen LogP contribution >= 0.6 is 0 Å². The zero-order valence-electron chi connectivity index (χ0n) is 19.8. The maximum absolute atomic E-state index is 13.0. The Hall–Kier alpha value is -2.62. The minimum atomic E-state index is -0.411. The maximum atomic E-state index is 13.0. The lowest BCUT2D eigenvalue weighted by molar-refractivity contribution is -0.142. The molecule has 0 spiro atoms. The van der Waals surface area contributed by atoms with Crippen LogP contribution < -0.4 is 4.74 Å². The van der Waals surface area contributed by atoms with Crippen LogP contribution in [-0.4, -0.2) is 18.5 Å². The number of ether oxygens (including phenoxy) is 2. The van der Waals surface area contributed by atoms with Crippen LogP contribution in [0.25, 0.3) is 0 Å². The van der Waals surface area contributed by atoms with Gasteiger partial charge in [-0.3, -0.25) is 4.79 Å². The molecule has 0 aliphatic carbocycles. The molecule has 0 heterocycles. The average Bonchev–Trinajstić information content (AvgIpc) is 2.73. The zero-order valence-corrected chi connectivity index (χ0v) is 19.8. The first-order valence-electron chi connectivity index (χ1n) is 11.4. The summed E-state index contributed by atoms with van der Waals surface area (Å²) in [7, 11) is 0. The van der Waals surface area contributed by atoms with E-state index in [-0.39, 0.29) is 18.3 Å². The van der Waals surface area contributed by atoms with Crippen molar-refractivity contribution in [2.75, 3.05) is 6.61 Å². The summed E-state index contributed by atoms with van der Waals surface area (Å²) in [5.41, 5.74) is 4.46.